The molecule has 2 fully saturated rings. The van der Waals surface area contributed by atoms with Gasteiger partial charge in [-0.1, -0.05) is 42.5 Å². The van der Waals surface area contributed by atoms with E-state index in [2.05, 4.69) is 51.5 Å². The molecule has 2 heterocycles. The number of benzene rings is 2. The Bertz CT molecular complexity index is 907. The smallest absolute Gasteiger partial charge is 0.228 e. The summed E-state index contributed by atoms with van der Waals surface area (Å²) in [6.07, 6.45) is 4.70. The summed E-state index contributed by atoms with van der Waals surface area (Å²) in [7, 11) is 0. The van der Waals surface area contributed by atoms with Crippen LogP contribution in [0.2, 0.25) is 0 Å². The van der Waals surface area contributed by atoms with E-state index in [4.69, 9.17) is 5.73 Å². The molecule has 1 atom stereocenters. The summed E-state index contributed by atoms with van der Waals surface area (Å²) < 4.78 is 0. The highest BCUT2D eigenvalue weighted by Gasteiger charge is 2.26. The van der Waals surface area contributed by atoms with Crippen LogP contribution in [0.1, 0.15) is 36.8 Å². The Kier molecular flexibility index (Phi) is 8.13. The van der Waals surface area contributed by atoms with Gasteiger partial charge in [0.15, 0.2) is 0 Å². The lowest BCUT2D eigenvalue weighted by Gasteiger charge is -2.32. The van der Waals surface area contributed by atoms with Crippen molar-refractivity contribution in [1.82, 2.24) is 9.80 Å². The molecule has 4 rings (SSSR count). The second kappa shape index (κ2) is 11.4. The maximum atomic E-state index is 12.9. The molecule has 1 unspecified atom stereocenters. The van der Waals surface area contributed by atoms with Gasteiger partial charge in [0.05, 0.1) is 5.92 Å². The van der Waals surface area contributed by atoms with Crippen LogP contribution < -0.4 is 11.1 Å². The van der Waals surface area contributed by atoms with Crippen molar-refractivity contribution < 1.29 is 9.59 Å². The van der Waals surface area contributed by atoms with Crippen LogP contribution in [0.3, 0.4) is 0 Å². The first-order chi connectivity index (χ1) is 16.1. The minimum absolute atomic E-state index is 0.0328. The average molecular weight is 449 g/mol. The molecule has 0 spiro atoms. The third-order valence-electron chi connectivity index (χ3n) is 7.05. The summed E-state index contributed by atoms with van der Waals surface area (Å²) in [6.45, 7) is 5.61. The van der Waals surface area contributed by atoms with Crippen LogP contribution in [0.5, 0.6) is 0 Å². The van der Waals surface area contributed by atoms with Gasteiger partial charge in [0.2, 0.25) is 11.8 Å². The van der Waals surface area contributed by atoms with Crippen LogP contribution in [0, 0.1) is 11.8 Å². The molecule has 0 bridgehead atoms. The molecule has 2 aliphatic rings. The van der Waals surface area contributed by atoms with Crippen molar-refractivity contribution in [1.29, 1.82) is 0 Å². The van der Waals surface area contributed by atoms with Gasteiger partial charge in [-0.25, -0.2) is 0 Å². The van der Waals surface area contributed by atoms with E-state index in [0.717, 1.165) is 77.1 Å². The van der Waals surface area contributed by atoms with Crippen molar-refractivity contribution in [3.8, 4) is 0 Å². The maximum absolute atomic E-state index is 12.9. The number of piperidine rings is 2. The van der Waals surface area contributed by atoms with E-state index in [-0.39, 0.29) is 23.7 Å². The van der Waals surface area contributed by atoms with Gasteiger partial charge in [-0.05, 0) is 75.0 Å². The molecule has 0 saturated carbocycles. The fourth-order valence-electron chi connectivity index (χ4n) is 4.98. The fourth-order valence-corrected chi connectivity index (χ4v) is 4.98. The first-order valence-electron chi connectivity index (χ1n) is 12.2. The van der Waals surface area contributed by atoms with E-state index in [1.165, 1.54) is 11.1 Å². The van der Waals surface area contributed by atoms with Gasteiger partial charge < -0.3 is 16.0 Å². The SMILES string of the molecule is NC(=O)C1CCN(CCc2ccc(NC(=O)C3CCCN(Cc4ccccc4)C3)cc2)CC1. The molecule has 2 aromatic rings. The molecule has 176 valence electrons. The lowest BCUT2D eigenvalue weighted by atomic mass is 9.96. The minimum Gasteiger partial charge on any atom is -0.369 e. The summed E-state index contributed by atoms with van der Waals surface area (Å²) in [5, 5.41) is 3.12. The summed E-state index contributed by atoms with van der Waals surface area (Å²) in [5.74, 6) is 0.0337. The number of nitrogens with zero attached hydrogens (tertiary/aromatic N) is 2. The van der Waals surface area contributed by atoms with E-state index in [0.29, 0.717) is 0 Å². The molecule has 33 heavy (non-hydrogen) atoms. The molecule has 6 nitrogen and oxygen atoms in total. The molecule has 0 radical (unpaired) electrons. The molecule has 0 aliphatic carbocycles. The van der Waals surface area contributed by atoms with Crippen molar-refractivity contribution in [2.45, 2.75) is 38.6 Å². The molecule has 2 amide bonds. The summed E-state index contributed by atoms with van der Waals surface area (Å²) >= 11 is 0. The Morgan fingerprint density at radius 1 is 0.848 bits per heavy atom. The second-order valence-corrected chi connectivity index (χ2v) is 9.51. The largest absolute Gasteiger partial charge is 0.369 e. The van der Waals surface area contributed by atoms with Crippen LogP contribution in [0.15, 0.2) is 54.6 Å². The van der Waals surface area contributed by atoms with E-state index in [1.54, 1.807) is 0 Å². The Morgan fingerprint density at radius 2 is 1.58 bits per heavy atom. The van der Waals surface area contributed by atoms with Crippen molar-refractivity contribution in [3.05, 3.63) is 65.7 Å². The molecule has 6 heteroatoms. The summed E-state index contributed by atoms with van der Waals surface area (Å²) in [6, 6.07) is 18.7. The highest BCUT2D eigenvalue weighted by molar-refractivity contribution is 5.92. The predicted octanol–water partition coefficient (Wildman–Crippen LogP) is 3.28. The van der Waals surface area contributed by atoms with Crippen LogP contribution in [-0.4, -0.2) is 54.3 Å². The summed E-state index contributed by atoms with van der Waals surface area (Å²) in [4.78, 5) is 29.0. The number of nitrogens with one attached hydrogen (secondary N) is 1. The molecule has 2 saturated heterocycles. The van der Waals surface area contributed by atoms with Gasteiger partial charge in [0.1, 0.15) is 0 Å². The van der Waals surface area contributed by atoms with Crippen LogP contribution in [0.4, 0.5) is 5.69 Å². The minimum atomic E-state index is -0.163. The number of nitrogens with two attached hydrogens (primary N) is 1. The zero-order valence-corrected chi connectivity index (χ0v) is 19.4. The molecule has 2 aromatic carbocycles. The average Bonchev–Trinajstić information content (AvgIpc) is 2.84. The zero-order chi connectivity index (χ0) is 23.0. The molecular weight excluding hydrogens is 412 g/mol. The monoisotopic (exact) mass is 448 g/mol. The van der Waals surface area contributed by atoms with E-state index >= 15 is 0 Å². The van der Waals surface area contributed by atoms with E-state index in [1.807, 2.05) is 18.2 Å². The van der Waals surface area contributed by atoms with Gasteiger partial charge in [-0.3, -0.25) is 14.5 Å². The molecule has 0 aromatic heterocycles. The van der Waals surface area contributed by atoms with Gasteiger partial charge in [-0.15, -0.1) is 0 Å². The first-order valence-corrected chi connectivity index (χ1v) is 12.2. The number of anilines is 1. The normalized spacial score (nSPS) is 20.4. The third-order valence-corrected chi connectivity index (χ3v) is 7.05. The zero-order valence-electron chi connectivity index (χ0n) is 19.4. The topological polar surface area (TPSA) is 78.7 Å². The van der Waals surface area contributed by atoms with Gasteiger partial charge in [-0.2, -0.15) is 0 Å². The van der Waals surface area contributed by atoms with Crippen molar-refractivity contribution in [2.75, 3.05) is 38.0 Å². The Balaban J connectivity index is 1.21. The predicted molar refractivity (Wildman–Crippen MR) is 132 cm³/mol. The summed E-state index contributed by atoms with van der Waals surface area (Å²) in [5.41, 5.74) is 8.85. The molecule has 2 aliphatic heterocycles. The van der Waals surface area contributed by atoms with Crippen molar-refractivity contribution >= 4 is 17.5 Å². The van der Waals surface area contributed by atoms with Gasteiger partial charge >= 0.3 is 0 Å². The number of primary amides is 1. The second-order valence-electron chi connectivity index (χ2n) is 9.51. The maximum Gasteiger partial charge on any atom is 0.228 e. The number of rotatable bonds is 8. The Labute approximate surface area is 197 Å². The number of carbonyl (C=O) groups excluding carboxylic acids is 2. The number of hydrogen-bond donors (Lipinski definition) is 2. The fraction of sp³-hybridized carbons (Fsp3) is 0.481. The lowest BCUT2D eigenvalue weighted by Crippen LogP contribution is -2.40. The van der Waals surface area contributed by atoms with Gasteiger partial charge in [0.25, 0.3) is 0 Å². The Morgan fingerprint density at radius 3 is 2.27 bits per heavy atom. The first kappa shape index (κ1) is 23.5. The highest BCUT2D eigenvalue weighted by Crippen LogP contribution is 2.21. The van der Waals surface area contributed by atoms with Crippen LogP contribution >= 0.6 is 0 Å². The van der Waals surface area contributed by atoms with Crippen molar-refractivity contribution in [3.63, 3.8) is 0 Å². The van der Waals surface area contributed by atoms with Gasteiger partial charge in [0, 0.05) is 31.2 Å². The van der Waals surface area contributed by atoms with Crippen LogP contribution in [-0.2, 0) is 22.6 Å². The highest BCUT2D eigenvalue weighted by atomic mass is 16.2. The lowest BCUT2D eigenvalue weighted by molar-refractivity contribution is -0.123. The quantitative estimate of drug-likeness (QED) is 0.650. The van der Waals surface area contributed by atoms with Crippen LogP contribution in [0.25, 0.3) is 0 Å². The molecular formula is C27H36N4O2. The van der Waals surface area contributed by atoms with Crippen molar-refractivity contribution in [2.24, 2.45) is 17.6 Å². The number of likely N-dealkylation sites (tertiary alicyclic amines) is 2. The third kappa shape index (κ3) is 6.89. The number of carbonyl (C=O) groups is 2. The van der Waals surface area contributed by atoms with E-state index < -0.39 is 0 Å². The number of hydrogen-bond acceptors (Lipinski definition) is 4. The standard InChI is InChI=1S/C27H36N4O2/c28-26(32)23-13-17-30(18-14-23)16-12-21-8-10-25(11-9-21)29-27(33)24-7-4-15-31(20-24)19-22-5-2-1-3-6-22/h1-3,5-6,8-11,23-24H,4,7,12-20H2,(H2,28,32)(H,29,33). The molecule has 3 N–H and O–H groups in total. The Hall–Kier alpha value is -2.70. The number of amides is 2. The van der Waals surface area contributed by atoms with E-state index in [9.17, 15) is 9.59 Å².